The third-order valence-corrected chi connectivity index (χ3v) is 10.2. The molecule has 0 bridgehead atoms. The summed E-state index contributed by atoms with van der Waals surface area (Å²) in [7, 11) is 0. The molecule has 7 rings (SSSR count). The molecule has 3 fully saturated rings. The summed E-state index contributed by atoms with van der Waals surface area (Å²) >= 11 is 0. The Labute approximate surface area is 345 Å². The standard InChI is InChI=1S/C44H45NO15/c1-6-22-51-42-36(57-40(49)27-18-12-9-13-19-27)35(32(25(3)54-42)56-39(48)26-16-10-8-11-17-26)58-41-31(45-37(46)28-20-14-15-21-29(28)38(45)47)34(59-43(50)52-23-7-2)33-30(55-41)24-53-44(4,5)60-33/h6-21,25,30-36,41-42H,1-2,22-24H2,3-5H3/t25-,30+,31+,32+,33+,34+,35+,36-,41-,42+/m0/s1. The molecule has 3 saturated heterocycles. The Kier molecular flexibility index (Phi) is 12.9. The van der Waals surface area contributed by atoms with Crippen LogP contribution in [0.5, 0.6) is 0 Å². The van der Waals surface area contributed by atoms with Crippen molar-refractivity contribution in [3.8, 4) is 0 Å². The summed E-state index contributed by atoms with van der Waals surface area (Å²) in [6, 6.07) is 20.8. The molecule has 16 heteroatoms. The van der Waals surface area contributed by atoms with Crippen molar-refractivity contribution in [3.05, 3.63) is 132 Å². The van der Waals surface area contributed by atoms with E-state index in [9.17, 15) is 24.0 Å². The fourth-order valence-electron chi connectivity index (χ4n) is 7.48. The molecule has 0 radical (unpaired) electrons. The molecule has 60 heavy (non-hydrogen) atoms. The van der Waals surface area contributed by atoms with Gasteiger partial charge in [-0.2, -0.15) is 0 Å². The highest BCUT2D eigenvalue weighted by molar-refractivity contribution is 6.21. The number of carbonyl (C=O) groups is 5. The third kappa shape index (κ3) is 8.89. The number of ether oxygens (including phenoxy) is 10. The fraction of sp³-hybridized carbons (Fsp3) is 0.386. The zero-order valence-corrected chi connectivity index (χ0v) is 33.1. The van der Waals surface area contributed by atoms with Crippen LogP contribution in [0.2, 0.25) is 0 Å². The lowest BCUT2D eigenvalue weighted by molar-refractivity contribution is -0.388. The van der Waals surface area contributed by atoms with Gasteiger partial charge in [-0.05, 0) is 57.2 Å². The van der Waals surface area contributed by atoms with E-state index in [2.05, 4.69) is 13.2 Å². The zero-order valence-electron chi connectivity index (χ0n) is 33.1. The van der Waals surface area contributed by atoms with E-state index in [4.69, 9.17) is 47.4 Å². The first-order valence-corrected chi connectivity index (χ1v) is 19.3. The minimum absolute atomic E-state index is 0.0630. The molecule has 3 aromatic rings. The largest absolute Gasteiger partial charge is 0.509 e. The van der Waals surface area contributed by atoms with Crippen molar-refractivity contribution in [3.63, 3.8) is 0 Å². The number of esters is 2. The summed E-state index contributed by atoms with van der Waals surface area (Å²) in [5.74, 6) is -4.31. The molecule has 3 aromatic carbocycles. The van der Waals surface area contributed by atoms with Crippen molar-refractivity contribution < 1.29 is 71.3 Å². The highest BCUT2D eigenvalue weighted by atomic mass is 16.8. The normalized spacial score (nSPS) is 29.4. The summed E-state index contributed by atoms with van der Waals surface area (Å²) in [6.45, 7) is 11.8. The number of nitrogens with zero attached hydrogens (tertiary/aromatic N) is 1. The van der Waals surface area contributed by atoms with Gasteiger partial charge in [-0.15, -0.1) is 6.58 Å². The molecule has 0 unspecified atom stereocenters. The van der Waals surface area contributed by atoms with Crippen LogP contribution in [0.1, 0.15) is 62.2 Å². The molecule has 10 atom stereocenters. The van der Waals surface area contributed by atoms with E-state index in [0.717, 1.165) is 4.90 Å². The molecule has 316 valence electrons. The van der Waals surface area contributed by atoms with E-state index in [0.29, 0.717) is 0 Å². The van der Waals surface area contributed by atoms with Crippen LogP contribution in [-0.4, -0.2) is 122 Å². The van der Waals surface area contributed by atoms with Gasteiger partial charge in [0.2, 0.25) is 0 Å². The van der Waals surface area contributed by atoms with Crippen LogP contribution >= 0.6 is 0 Å². The molecular weight excluding hydrogens is 782 g/mol. The number of benzene rings is 3. The molecular formula is C44H45NO15. The van der Waals surface area contributed by atoms with Gasteiger partial charge in [0, 0.05) is 0 Å². The van der Waals surface area contributed by atoms with Crippen molar-refractivity contribution in [1.82, 2.24) is 4.90 Å². The van der Waals surface area contributed by atoms with E-state index in [1.54, 1.807) is 81.4 Å². The first-order chi connectivity index (χ1) is 28.9. The molecule has 4 heterocycles. The summed E-state index contributed by atoms with van der Waals surface area (Å²) in [5, 5.41) is 0. The van der Waals surface area contributed by atoms with Crippen molar-refractivity contribution in [2.45, 2.75) is 87.9 Å². The summed E-state index contributed by atoms with van der Waals surface area (Å²) in [6.07, 6.45) is -10.6. The fourth-order valence-corrected chi connectivity index (χ4v) is 7.48. The minimum Gasteiger partial charge on any atom is -0.453 e. The average Bonchev–Trinajstić information content (AvgIpc) is 3.50. The monoisotopic (exact) mass is 827 g/mol. The number of fused-ring (bicyclic) bond motifs is 2. The van der Waals surface area contributed by atoms with Crippen LogP contribution in [0.3, 0.4) is 0 Å². The Balaban J connectivity index is 1.35. The van der Waals surface area contributed by atoms with E-state index in [1.165, 1.54) is 36.4 Å². The van der Waals surface area contributed by atoms with Gasteiger partial charge < -0.3 is 47.4 Å². The maximum absolute atomic E-state index is 14.3. The van der Waals surface area contributed by atoms with Crippen LogP contribution in [0.4, 0.5) is 4.79 Å². The van der Waals surface area contributed by atoms with E-state index < -0.39 is 97.0 Å². The van der Waals surface area contributed by atoms with E-state index in [1.807, 2.05) is 0 Å². The van der Waals surface area contributed by atoms with Crippen molar-refractivity contribution in [2.75, 3.05) is 19.8 Å². The van der Waals surface area contributed by atoms with Crippen molar-refractivity contribution in [1.29, 1.82) is 0 Å². The number of rotatable bonds is 13. The lowest BCUT2D eigenvalue weighted by Crippen LogP contribution is -2.71. The average molecular weight is 828 g/mol. The quantitative estimate of drug-likeness (QED) is 0.0969. The lowest BCUT2D eigenvalue weighted by atomic mass is 9.93. The zero-order chi connectivity index (χ0) is 42.6. The molecule has 4 aliphatic rings. The number of hydrogen-bond acceptors (Lipinski definition) is 15. The Morgan fingerprint density at radius 2 is 1.30 bits per heavy atom. The van der Waals surface area contributed by atoms with Crippen LogP contribution in [-0.2, 0) is 47.4 Å². The second-order valence-corrected chi connectivity index (χ2v) is 14.7. The van der Waals surface area contributed by atoms with Crippen LogP contribution in [0, 0.1) is 0 Å². The maximum Gasteiger partial charge on any atom is 0.509 e. The molecule has 0 aromatic heterocycles. The number of amides is 2. The highest BCUT2D eigenvalue weighted by Gasteiger charge is 2.61. The van der Waals surface area contributed by atoms with Crippen molar-refractivity contribution in [2.24, 2.45) is 0 Å². The van der Waals surface area contributed by atoms with E-state index in [-0.39, 0.29) is 42.1 Å². The molecule has 0 spiro atoms. The van der Waals surface area contributed by atoms with Crippen LogP contribution in [0.15, 0.2) is 110 Å². The van der Waals surface area contributed by atoms with Gasteiger partial charge in [-0.3, -0.25) is 14.5 Å². The minimum atomic E-state index is -1.72. The second-order valence-electron chi connectivity index (χ2n) is 14.7. The number of carbonyl (C=O) groups excluding carboxylic acids is 5. The van der Waals surface area contributed by atoms with Gasteiger partial charge in [-0.1, -0.05) is 67.3 Å². The maximum atomic E-state index is 14.3. The Hall–Kier alpha value is -5.75. The molecule has 0 aliphatic carbocycles. The van der Waals surface area contributed by atoms with Gasteiger partial charge in [0.15, 0.2) is 36.7 Å². The van der Waals surface area contributed by atoms with E-state index >= 15 is 0 Å². The van der Waals surface area contributed by atoms with Crippen LogP contribution < -0.4 is 0 Å². The molecule has 0 N–H and O–H groups in total. The highest BCUT2D eigenvalue weighted by Crippen LogP contribution is 2.41. The summed E-state index contributed by atoms with van der Waals surface area (Å²) < 4.78 is 61.3. The first kappa shape index (κ1) is 42.4. The Bertz CT molecular complexity index is 2040. The number of imide groups is 1. The topological polar surface area (TPSA) is 181 Å². The molecule has 16 nitrogen and oxygen atoms in total. The summed E-state index contributed by atoms with van der Waals surface area (Å²) in [4.78, 5) is 70.5. The van der Waals surface area contributed by atoms with Gasteiger partial charge in [0.25, 0.3) is 11.8 Å². The second kappa shape index (κ2) is 18.3. The third-order valence-electron chi connectivity index (χ3n) is 10.2. The lowest BCUT2D eigenvalue weighted by Gasteiger charge is -2.53. The Morgan fingerprint density at radius 3 is 1.88 bits per heavy atom. The smallest absolute Gasteiger partial charge is 0.453 e. The van der Waals surface area contributed by atoms with Gasteiger partial charge in [0.05, 0.1) is 41.6 Å². The SMILES string of the molecule is C=CCOC(=O)O[C@H]1[C@@H]2OC(C)(C)OC[C@H]2O[C@@H](O[C@H]2[C@H](OC(=O)c3ccccc3)[C@H](OCC=C)O[C@@H](C)[C@H]2OC(=O)c2ccccc2)[C@@H]1N1C(=O)c2ccccc2C1=O. The predicted molar refractivity (Wildman–Crippen MR) is 207 cm³/mol. The van der Waals surface area contributed by atoms with Gasteiger partial charge in [0.1, 0.15) is 31.0 Å². The predicted octanol–water partition coefficient (Wildman–Crippen LogP) is 5.02. The first-order valence-electron chi connectivity index (χ1n) is 19.3. The molecule has 0 saturated carbocycles. The van der Waals surface area contributed by atoms with Crippen molar-refractivity contribution >= 4 is 29.9 Å². The number of hydrogen-bond donors (Lipinski definition) is 0. The Morgan fingerprint density at radius 1 is 0.733 bits per heavy atom. The van der Waals surface area contributed by atoms with Crippen LogP contribution in [0.25, 0.3) is 0 Å². The van der Waals surface area contributed by atoms with Gasteiger partial charge in [-0.25, -0.2) is 14.4 Å². The summed E-state index contributed by atoms with van der Waals surface area (Å²) in [5.41, 5.74) is 0.511. The molecule has 2 amide bonds. The molecule has 4 aliphatic heterocycles. The van der Waals surface area contributed by atoms with Gasteiger partial charge >= 0.3 is 18.1 Å².